The highest BCUT2D eigenvalue weighted by atomic mass is 16.5. The third kappa shape index (κ3) is 3.71. The van der Waals surface area contributed by atoms with Crippen molar-refractivity contribution in [1.82, 2.24) is 9.78 Å². The van der Waals surface area contributed by atoms with Crippen LogP contribution in [-0.4, -0.2) is 28.4 Å². The molecule has 0 aliphatic heterocycles. The Balaban J connectivity index is 2.33. The maximum atomic E-state index is 11.2. The van der Waals surface area contributed by atoms with Crippen molar-refractivity contribution in [2.75, 3.05) is 6.61 Å². The third-order valence-corrected chi connectivity index (χ3v) is 2.02. The van der Waals surface area contributed by atoms with Crippen molar-refractivity contribution in [3.63, 3.8) is 0 Å². The monoisotopic (exact) mass is 211 g/mol. The van der Waals surface area contributed by atoms with Crippen LogP contribution in [0.4, 0.5) is 0 Å². The van der Waals surface area contributed by atoms with Crippen molar-refractivity contribution in [1.29, 1.82) is 0 Å². The van der Waals surface area contributed by atoms with Crippen molar-refractivity contribution < 1.29 is 9.53 Å². The number of hydrogen-bond donors (Lipinski definition) is 1. The topological polar surface area (TPSA) is 70.1 Å². The molecule has 0 saturated carbocycles. The van der Waals surface area contributed by atoms with E-state index in [1.165, 1.54) is 0 Å². The standard InChI is InChI=1S/C10H17N3O2/c1-3-15-10(14)9(11)4-5-13-7-8(2)6-12-13/h6-7,9H,3-5,11H2,1-2H3. The molecule has 0 saturated heterocycles. The average molecular weight is 211 g/mol. The van der Waals surface area contributed by atoms with Crippen LogP contribution in [0.25, 0.3) is 0 Å². The quantitative estimate of drug-likeness (QED) is 0.719. The zero-order valence-corrected chi connectivity index (χ0v) is 9.14. The van der Waals surface area contributed by atoms with Gasteiger partial charge in [-0.1, -0.05) is 0 Å². The number of nitrogens with zero attached hydrogens (tertiary/aromatic N) is 2. The molecular weight excluding hydrogens is 194 g/mol. The Morgan fingerprint density at radius 1 is 1.73 bits per heavy atom. The SMILES string of the molecule is CCOC(=O)C(N)CCn1cc(C)cn1. The molecule has 1 unspecified atom stereocenters. The zero-order chi connectivity index (χ0) is 11.3. The summed E-state index contributed by atoms with van der Waals surface area (Å²) in [6.45, 7) is 4.73. The average Bonchev–Trinajstić information content (AvgIpc) is 2.61. The first kappa shape index (κ1) is 11.7. The van der Waals surface area contributed by atoms with Crippen LogP contribution in [0.15, 0.2) is 12.4 Å². The molecule has 0 amide bonds. The number of aryl methyl sites for hydroxylation is 2. The Morgan fingerprint density at radius 3 is 3.00 bits per heavy atom. The van der Waals surface area contributed by atoms with Crippen LogP contribution >= 0.6 is 0 Å². The number of ether oxygens (including phenoxy) is 1. The summed E-state index contributed by atoms with van der Waals surface area (Å²) in [5.74, 6) is -0.346. The van der Waals surface area contributed by atoms with Gasteiger partial charge in [-0.25, -0.2) is 0 Å². The largest absolute Gasteiger partial charge is 0.465 e. The molecule has 84 valence electrons. The van der Waals surface area contributed by atoms with E-state index in [2.05, 4.69) is 5.10 Å². The van der Waals surface area contributed by atoms with Crippen LogP contribution in [0.2, 0.25) is 0 Å². The minimum Gasteiger partial charge on any atom is -0.465 e. The fraction of sp³-hybridized carbons (Fsp3) is 0.600. The van der Waals surface area contributed by atoms with Crippen LogP contribution in [0.1, 0.15) is 18.9 Å². The number of esters is 1. The van der Waals surface area contributed by atoms with E-state index < -0.39 is 6.04 Å². The van der Waals surface area contributed by atoms with E-state index >= 15 is 0 Å². The molecular formula is C10H17N3O2. The Morgan fingerprint density at radius 2 is 2.47 bits per heavy atom. The van der Waals surface area contributed by atoms with Crippen LogP contribution in [0.5, 0.6) is 0 Å². The van der Waals surface area contributed by atoms with Gasteiger partial charge in [0.15, 0.2) is 0 Å². The summed E-state index contributed by atoms with van der Waals surface area (Å²) >= 11 is 0. The van der Waals surface area contributed by atoms with Crippen molar-refractivity contribution >= 4 is 5.97 Å². The van der Waals surface area contributed by atoms with Gasteiger partial charge in [-0.05, 0) is 25.8 Å². The number of carbonyl (C=O) groups excluding carboxylic acids is 1. The summed E-state index contributed by atoms with van der Waals surface area (Å²) in [7, 11) is 0. The Hall–Kier alpha value is -1.36. The van der Waals surface area contributed by atoms with Gasteiger partial charge in [-0.3, -0.25) is 9.48 Å². The molecule has 1 heterocycles. The van der Waals surface area contributed by atoms with Gasteiger partial charge in [0.1, 0.15) is 6.04 Å². The summed E-state index contributed by atoms with van der Waals surface area (Å²) < 4.78 is 6.58. The molecule has 5 nitrogen and oxygen atoms in total. The molecule has 0 bridgehead atoms. The fourth-order valence-corrected chi connectivity index (χ4v) is 1.23. The minimum atomic E-state index is -0.561. The summed E-state index contributed by atoms with van der Waals surface area (Å²) in [6.07, 6.45) is 4.23. The molecule has 0 radical (unpaired) electrons. The number of carbonyl (C=O) groups is 1. The molecule has 1 aromatic heterocycles. The minimum absolute atomic E-state index is 0.346. The lowest BCUT2D eigenvalue weighted by molar-refractivity contribution is -0.144. The number of aromatic nitrogens is 2. The Bertz CT molecular complexity index is 322. The molecule has 2 N–H and O–H groups in total. The summed E-state index contributed by atoms with van der Waals surface area (Å²) in [5, 5.41) is 4.10. The van der Waals surface area contributed by atoms with Crippen molar-refractivity contribution in [3.8, 4) is 0 Å². The van der Waals surface area contributed by atoms with Gasteiger partial charge < -0.3 is 10.5 Å². The molecule has 1 aromatic rings. The van der Waals surface area contributed by atoms with E-state index in [4.69, 9.17) is 10.5 Å². The second-order valence-corrected chi connectivity index (χ2v) is 3.43. The molecule has 5 heteroatoms. The van der Waals surface area contributed by atoms with E-state index in [0.717, 1.165) is 5.56 Å². The maximum absolute atomic E-state index is 11.2. The summed E-state index contributed by atoms with van der Waals surface area (Å²) in [6, 6.07) is -0.561. The smallest absolute Gasteiger partial charge is 0.322 e. The van der Waals surface area contributed by atoms with Crippen LogP contribution in [-0.2, 0) is 16.1 Å². The van der Waals surface area contributed by atoms with Crippen LogP contribution < -0.4 is 5.73 Å². The summed E-state index contributed by atoms with van der Waals surface area (Å²) in [4.78, 5) is 11.2. The van der Waals surface area contributed by atoms with Crippen molar-refractivity contribution in [2.24, 2.45) is 5.73 Å². The van der Waals surface area contributed by atoms with Crippen LogP contribution in [0, 0.1) is 6.92 Å². The lowest BCUT2D eigenvalue weighted by Gasteiger charge is -2.09. The normalized spacial score (nSPS) is 12.5. The highest BCUT2D eigenvalue weighted by molar-refractivity contribution is 5.75. The zero-order valence-electron chi connectivity index (χ0n) is 9.14. The lowest BCUT2D eigenvalue weighted by atomic mass is 10.2. The highest BCUT2D eigenvalue weighted by Gasteiger charge is 2.14. The van der Waals surface area contributed by atoms with Crippen molar-refractivity contribution in [2.45, 2.75) is 32.9 Å². The van der Waals surface area contributed by atoms with E-state index in [-0.39, 0.29) is 5.97 Å². The number of rotatable bonds is 5. The first-order chi connectivity index (χ1) is 7.13. The first-order valence-corrected chi connectivity index (χ1v) is 5.04. The third-order valence-electron chi connectivity index (χ3n) is 2.02. The molecule has 0 aromatic carbocycles. The second-order valence-electron chi connectivity index (χ2n) is 3.43. The molecule has 0 aliphatic rings. The fourth-order valence-electron chi connectivity index (χ4n) is 1.23. The Labute approximate surface area is 89.2 Å². The summed E-state index contributed by atoms with van der Waals surface area (Å²) in [5.41, 5.74) is 6.74. The van der Waals surface area contributed by atoms with Gasteiger partial charge in [0, 0.05) is 12.7 Å². The molecule has 0 aliphatic carbocycles. The van der Waals surface area contributed by atoms with E-state index in [1.807, 2.05) is 13.1 Å². The molecule has 0 spiro atoms. The van der Waals surface area contributed by atoms with Crippen LogP contribution in [0.3, 0.4) is 0 Å². The second kappa shape index (κ2) is 5.50. The Kier molecular flexibility index (Phi) is 4.30. The van der Waals surface area contributed by atoms with Gasteiger partial charge in [-0.15, -0.1) is 0 Å². The predicted molar refractivity (Wildman–Crippen MR) is 56.2 cm³/mol. The van der Waals surface area contributed by atoms with Gasteiger partial charge >= 0.3 is 5.97 Å². The molecule has 0 fully saturated rings. The molecule has 1 atom stereocenters. The number of nitrogens with two attached hydrogens (primary N) is 1. The van der Waals surface area contributed by atoms with E-state index in [9.17, 15) is 4.79 Å². The van der Waals surface area contributed by atoms with Gasteiger partial charge in [0.25, 0.3) is 0 Å². The molecule has 1 rings (SSSR count). The highest BCUT2D eigenvalue weighted by Crippen LogP contribution is 1.99. The van der Waals surface area contributed by atoms with Gasteiger partial charge in [0.2, 0.25) is 0 Å². The van der Waals surface area contributed by atoms with E-state index in [0.29, 0.717) is 19.6 Å². The number of hydrogen-bond acceptors (Lipinski definition) is 4. The van der Waals surface area contributed by atoms with Crippen molar-refractivity contribution in [3.05, 3.63) is 18.0 Å². The maximum Gasteiger partial charge on any atom is 0.322 e. The first-order valence-electron chi connectivity index (χ1n) is 5.04. The van der Waals surface area contributed by atoms with E-state index in [1.54, 1.807) is 17.8 Å². The van der Waals surface area contributed by atoms with Gasteiger partial charge in [-0.2, -0.15) is 5.10 Å². The predicted octanol–water partition coefficient (Wildman–Crippen LogP) is 0.472. The molecule has 15 heavy (non-hydrogen) atoms. The van der Waals surface area contributed by atoms with Gasteiger partial charge in [0.05, 0.1) is 12.8 Å². The lowest BCUT2D eigenvalue weighted by Crippen LogP contribution is -2.33.